The molecular weight excluding hydrogens is 276 g/mol. The molecule has 1 unspecified atom stereocenters. The lowest BCUT2D eigenvalue weighted by Crippen LogP contribution is -2.43. The topological polar surface area (TPSA) is 99.1 Å². The molecule has 1 fully saturated rings. The van der Waals surface area contributed by atoms with Gasteiger partial charge in [-0.2, -0.15) is 0 Å². The van der Waals surface area contributed by atoms with Gasteiger partial charge in [-0.1, -0.05) is 12.1 Å². The molecule has 2 atom stereocenters. The zero-order valence-electron chi connectivity index (χ0n) is 11.7. The minimum Gasteiger partial charge on any atom is -0.480 e. The number of carboxylic acids is 1. The van der Waals surface area contributed by atoms with Crippen LogP contribution in [-0.2, 0) is 16.1 Å². The van der Waals surface area contributed by atoms with Crippen LogP contribution in [0.2, 0.25) is 0 Å². The Hall–Kier alpha value is -2.12. The van der Waals surface area contributed by atoms with E-state index in [0.29, 0.717) is 12.3 Å². The quantitative estimate of drug-likeness (QED) is 0.765. The molecule has 2 amide bonds. The van der Waals surface area contributed by atoms with Gasteiger partial charge in [-0.25, -0.2) is 9.59 Å². The summed E-state index contributed by atoms with van der Waals surface area (Å²) in [7, 11) is 1.58. The molecule has 0 bridgehead atoms. The van der Waals surface area contributed by atoms with Gasteiger partial charge in [-0.05, 0) is 17.7 Å². The maximum atomic E-state index is 12.2. The summed E-state index contributed by atoms with van der Waals surface area (Å²) in [6.45, 7) is 0.435. The fourth-order valence-electron chi connectivity index (χ4n) is 2.37. The third kappa shape index (κ3) is 3.71. The Morgan fingerprint density at radius 3 is 2.90 bits per heavy atom. The second kappa shape index (κ2) is 6.55. The van der Waals surface area contributed by atoms with Gasteiger partial charge >= 0.3 is 12.0 Å². The number of benzene rings is 1. The lowest BCUT2D eigenvalue weighted by atomic mass is 10.2. The van der Waals surface area contributed by atoms with Gasteiger partial charge < -0.3 is 25.2 Å². The van der Waals surface area contributed by atoms with E-state index in [9.17, 15) is 14.7 Å². The number of nitrogens with zero attached hydrogens (tertiary/aromatic N) is 1. The standard InChI is InChI=1S/C14H18N2O5/c1-21-8-9-3-2-4-10(5-9)15-14(20)16-7-11(17)6-12(16)13(18)19/h2-5,11-12,17H,6-8H2,1H3,(H,15,20)(H,18,19)/t11?,12-/m0/s1. The van der Waals surface area contributed by atoms with E-state index >= 15 is 0 Å². The van der Waals surface area contributed by atoms with E-state index in [2.05, 4.69) is 5.32 Å². The number of methoxy groups -OCH3 is 1. The van der Waals surface area contributed by atoms with Gasteiger partial charge in [0.2, 0.25) is 0 Å². The Morgan fingerprint density at radius 1 is 1.48 bits per heavy atom. The second-order valence-electron chi connectivity index (χ2n) is 4.96. The first-order valence-electron chi connectivity index (χ1n) is 6.57. The summed E-state index contributed by atoms with van der Waals surface area (Å²) in [5.41, 5.74) is 1.45. The summed E-state index contributed by atoms with van der Waals surface area (Å²) >= 11 is 0. The highest BCUT2D eigenvalue weighted by molar-refractivity contribution is 5.92. The first-order valence-corrected chi connectivity index (χ1v) is 6.57. The molecule has 1 heterocycles. The largest absolute Gasteiger partial charge is 0.480 e. The molecular formula is C14H18N2O5. The monoisotopic (exact) mass is 294 g/mol. The van der Waals surface area contributed by atoms with Crippen molar-refractivity contribution in [3.8, 4) is 0 Å². The average Bonchev–Trinajstić information content (AvgIpc) is 2.82. The zero-order chi connectivity index (χ0) is 15.4. The molecule has 1 saturated heterocycles. The number of hydrogen-bond donors (Lipinski definition) is 3. The predicted molar refractivity (Wildman–Crippen MR) is 74.9 cm³/mol. The van der Waals surface area contributed by atoms with Crippen molar-refractivity contribution < 1.29 is 24.5 Å². The number of nitrogens with one attached hydrogen (secondary N) is 1. The molecule has 0 radical (unpaired) electrons. The number of hydrogen-bond acceptors (Lipinski definition) is 4. The van der Waals surface area contributed by atoms with Gasteiger partial charge in [0.05, 0.1) is 12.7 Å². The first kappa shape index (κ1) is 15.3. The maximum absolute atomic E-state index is 12.2. The smallest absolute Gasteiger partial charge is 0.326 e. The van der Waals surface area contributed by atoms with Gasteiger partial charge in [0.15, 0.2) is 0 Å². The van der Waals surface area contributed by atoms with Crippen LogP contribution in [0.3, 0.4) is 0 Å². The molecule has 2 rings (SSSR count). The highest BCUT2D eigenvalue weighted by atomic mass is 16.5. The Labute approximate surface area is 122 Å². The van der Waals surface area contributed by atoms with Crippen molar-refractivity contribution in [1.29, 1.82) is 0 Å². The lowest BCUT2D eigenvalue weighted by Gasteiger charge is -2.21. The van der Waals surface area contributed by atoms with Crippen LogP contribution in [-0.4, -0.2) is 52.9 Å². The highest BCUT2D eigenvalue weighted by Gasteiger charge is 2.38. The zero-order valence-corrected chi connectivity index (χ0v) is 11.7. The number of anilines is 1. The number of ether oxygens (including phenoxy) is 1. The van der Waals surface area contributed by atoms with E-state index in [1.807, 2.05) is 6.07 Å². The molecule has 21 heavy (non-hydrogen) atoms. The number of aliphatic hydroxyl groups excluding tert-OH is 1. The first-order chi connectivity index (χ1) is 10.0. The van der Waals surface area contributed by atoms with E-state index in [0.717, 1.165) is 10.5 Å². The van der Waals surface area contributed by atoms with E-state index in [-0.39, 0.29) is 13.0 Å². The number of amides is 2. The van der Waals surface area contributed by atoms with E-state index in [1.54, 1.807) is 25.3 Å². The van der Waals surface area contributed by atoms with Crippen LogP contribution in [0.1, 0.15) is 12.0 Å². The van der Waals surface area contributed by atoms with Crippen molar-refractivity contribution in [1.82, 2.24) is 4.90 Å². The number of β-amino-alcohol motifs (C(OH)–C–C–N with tert-alkyl or cyclic N) is 1. The Kier molecular flexibility index (Phi) is 4.77. The predicted octanol–water partition coefficient (Wildman–Crippen LogP) is 0.885. The molecule has 1 aliphatic heterocycles. The third-order valence-electron chi connectivity index (χ3n) is 3.31. The summed E-state index contributed by atoms with van der Waals surface area (Å²) in [5, 5.41) is 21.3. The van der Waals surface area contributed by atoms with Gasteiger partial charge in [-0.15, -0.1) is 0 Å². The number of urea groups is 1. The van der Waals surface area contributed by atoms with Crippen LogP contribution < -0.4 is 5.32 Å². The van der Waals surface area contributed by atoms with Crippen LogP contribution in [0.25, 0.3) is 0 Å². The van der Waals surface area contributed by atoms with Crippen LogP contribution in [0.4, 0.5) is 10.5 Å². The fourth-order valence-corrected chi connectivity index (χ4v) is 2.37. The van der Waals surface area contributed by atoms with E-state index < -0.39 is 24.1 Å². The minimum absolute atomic E-state index is 0.0144. The average molecular weight is 294 g/mol. The second-order valence-corrected chi connectivity index (χ2v) is 4.96. The summed E-state index contributed by atoms with van der Waals surface area (Å²) < 4.78 is 5.02. The number of rotatable bonds is 4. The van der Waals surface area contributed by atoms with Gasteiger partial charge in [-0.3, -0.25) is 0 Å². The Balaban J connectivity index is 2.07. The number of aliphatic hydroxyl groups is 1. The third-order valence-corrected chi connectivity index (χ3v) is 3.31. The van der Waals surface area contributed by atoms with Gasteiger partial charge in [0, 0.05) is 25.8 Å². The van der Waals surface area contributed by atoms with Crippen molar-refractivity contribution in [2.45, 2.75) is 25.2 Å². The summed E-state index contributed by atoms with van der Waals surface area (Å²) in [6, 6.07) is 5.56. The summed E-state index contributed by atoms with van der Waals surface area (Å²) in [5.74, 6) is -1.12. The fraction of sp³-hybridized carbons (Fsp3) is 0.429. The minimum atomic E-state index is -1.12. The Morgan fingerprint density at radius 2 is 2.24 bits per heavy atom. The van der Waals surface area contributed by atoms with Crippen LogP contribution >= 0.6 is 0 Å². The lowest BCUT2D eigenvalue weighted by molar-refractivity contribution is -0.141. The number of likely N-dealkylation sites (tertiary alicyclic amines) is 1. The van der Waals surface area contributed by atoms with E-state index in [1.165, 1.54) is 0 Å². The maximum Gasteiger partial charge on any atom is 0.326 e. The van der Waals surface area contributed by atoms with Crippen LogP contribution in [0.5, 0.6) is 0 Å². The molecule has 0 spiro atoms. The molecule has 0 aromatic heterocycles. The van der Waals surface area contributed by atoms with Crippen molar-refractivity contribution in [3.63, 3.8) is 0 Å². The van der Waals surface area contributed by atoms with E-state index in [4.69, 9.17) is 9.84 Å². The summed E-state index contributed by atoms with van der Waals surface area (Å²) in [4.78, 5) is 24.4. The molecule has 1 aromatic rings. The SMILES string of the molecule is COCc1cccc(NC(=O)N2CC(O)C[C@H]2C(=O)O)c1. The Bertz CT molecular complexity index is 534. The molecule has 7 nitrogen and oxygen atoms in total. The normalized spacial score (nSPS) is 21.3. The van der Waals surface area contributed by atoms with Crippen molar-refractivity contribution in [2.24, 2.45) is 0 Å². The molecule has 1 aliphatic rings. The molecule has 7 heteroatoms. The number of carbonyl (C=O) groups is 2. The molecule has 0 aliphatic carbocycles. The number of carboxylic acid groups (broad SMARTS) is 1. The van der Waals surface area contributed by atoms with Crippen molar-refractivity contribution in [3.05, 3.63) is 29.8 Å². The van der Waals surface area contributed by atoms with Crippen LogP contribution in [0.15, 0.2) is 24.3 Å². The van der Waals surface area contributed by atoms with Crippen molar-refractivity contribution in [2.75, 3.05) is 19.0 Å². The molecule has 0 saturated carbocycles. The summed E-state index contributed by atoms with van der Waals surface area (Å²) in [6.07, 6.45) is -0.761. The highest BCUT2D eigenvalue weighted by Crippen LogP contribution is 2.20. The molecule has 114 valence electrons. The van der Waals surface area contributed by atoms with Gasteiger partial charge in [0.1, 0.15) is 6.04 Å². The van der Waals surface area contributed by atoms with Crippen LogP contribution in [0, 0.1) is 0 Å². The number of carbonyl (C=O) groups excluding carboxylic acids is 1. The van der Waals surface area contributed by atoms with Gasteiger partial charge in [0.25, 0.3) is 0 Å². The number of aliphatic carboxylic acids is 1. The molecule has 1 aromatic carbocycles. The molecule has 3 N–H and O–H groups in total. The van der Waals surface area contributed by atoms with Crippen molar-refractivity contribution >= 4 is 17.7 Å².